The smallest absolute Gasteiger partial charge is 0.369 e. The van der Waals surface area contributed by atoms with Crippen LogP contribution < -0.4 is 0 Å². The first kappa shape index (κ1) is 14.7. The van der Waals surface area contributed by atoms with Crippen LogP contribution in [0, 0.1) is 0 Å². The van der Waals surface area contributed by atoms with Gasteiger partial charge in [0, 0.05) is 19.1 Å². The van der Waals surface area contributed by atoms with Crippen LogP contribution in [0.1, 0.15) is 37.0 Å². The summed E-state index contributed by atoms with van der Waals surface area (Å²) in [5.74, 6) is -0.336. The van der Waals surface area contributed by atoms with Gasteiger partial charge < -0.3 is 4.74 Å². The zero-order valence-corrected chi connectivity index (χ0v) is 10.3. The number of rotatable bonds is 5. The van der Waals surface area contributed by atoms with E-state index in [1.807, 2.05) is 0 Å². The summed E-state index contributed by atoms with van der Waals surface area (Å²) in [5.41, 5.74) is -0.938. The first-order valence-electron chi connectivity index (χ1n) is 5.63. The highest BCUT2D eigenvalue weighted by Gasteiger charge is 2.36. The van der Waals surface area contributed by atoms with Gasteiger partial charge in [-0.2, -0.15) is 13.2 Å². The SMILES string of the molecule is CCCC(=O)C(OC)c1ccccc1C(F)(F)F. The van der Waals surface area contributed by atoms with Gasteiger partial charge in [-0.1, -0.05) is 25.1 Å². The fraction of sp³-hybridized carbons (Fsp3) is 0.462. The van der Waals surface area contributed by atoms with Crippen LogP contribution in [-0.2, 0) is 15.7 Å². The van der Waals surface area contributed by atoms with Gasteiger partial charge in [0.2, 0.25) is 0 Å². The van der Waals surface area contributed by atoms with Gasteiger partial charge in [0.15, 0.2) is 5.78 Å². The number of hydrogen-bond donors (Lipinski definition) is 0. The second kappa shape index (κ2) is 6.00. The fourth-order valence-electron chi connectivity index (χ4n) is 1.79. The molecule has 0 aromatic heterocycles. The minimum Gasteiger partial charge on any atom is -0.369 e. The van der Waals surface area contributed by atoms with Gasteiger partial charge in [-0.3, -0.25) is 4.79 Å². The van der Waals surface area contributed by atoms with E-state index in [0.29, 0.717) is 6.42 Å². The quantitative estimate of drug-likeness (QED) is 0.805. The molecule has 2 nitrogen and oxygen atoms in total. The minimum absolute atomic E-state index is 0.119. The lowest BCUT2D eigenvalue weighted by molar-refractivity contribution is -0.140. The average molecular weight is 260 g/mol. The van der Waals surface area contributed by atoms with Crippen LogP contribution in [0.4, 0.5) is 13.2 Å². The van der Waals surface area contributed by atoms with E-state index in [0.717, 1.165) is 6.07 Å². The minimum atomic E-state index is -4.49. The number of benzene rings is 1. The van der Waals surface area contributed by atoms with Crippen molar-refractivity contribution < 1.29 is 22.7 Å². The standard InChI is InChI=1S/C13H15F3O2/c1-3-6-11(17)12(18-2)9-7-4-5-8-10(9)13(14,15)16/h4-5,7-8,12H,3,6H2,1-2H3. The molecule has 0 N–H and O–H groups in total. The van der Waals surface area contributed by atoms with Crippen LogP contribution in [0.5, 0.6) is 0 Å². The van der Waals surface area contributed by atoms with E-state index in [9.17, 15) is 18.0 Å². The maximum atomic E-state index is 12.8. The number of ether oxygens (including phenoxy) is 1. The van der Waals surface area contributed by atoms with Crippen molar-refractivity contribution in [3.05, 3.63) is 35.4 Å². The number of ketones is 1. The highest BCUT2D eigenvalue weighted by atomic mass is 19.4. The summed E-state index contributed by atoms with van der Waals surface area (Å²) < 4.78 is 43.4. The third kappa shape index (κ3) is 3.32. The Hall–Kier alpha value is -1.36. The van der Waals surface area contributed by atoms with Crippen LogP contribution in [-0.4, -0.2) is 12.9 Å². The second-order valence-electron chi connectivity index (χ2n) is 3.92. The molecule has 0 aliphatic rings. The molecule has 0 amide bonds. The predicted octanol–water partition coefficient (Wildman–Crippen LogP) is 3.76. The zero-order valence-electron chi connectivity index (χ0n) is 10.3. The summed E-state index contributed by atoms with van der Waals surface area (Å²) in [4.78, 5) is 11.8. The number of carbonyl (C=O) groups is 1. The Balaban J connectivity index is 3.18. The van der Waals surface area contributed by atoms with Crippen LogP contribution >= 0.6 is 0 Å². The topological polar surface area (TPSA) is 26.3 Å². The molecule has 0 spiro atoms. The van der Waals surface area contributed by atoms with E-state index < -0.39 is 17.8 Å². The van der Waals surface area contributed by atoms with Gasteiger partial charge >= 0.3 is 6.18 Å². The Bertz CT molecular complexity index is 413. The molecule has 1 unspecified atom stereocenters. The number of alkyl halides is 3. The predicted molar refractivity (Wildman–Crippen MR) is 61.1 cm³/mol. The number of carbonyl (C=O) groups excluding carboxylic acids is 1. The summed E-state index contributed by atoms with van der Waals surface area (Å²) >= 11 is 0. The molecule has 1 rings (SSSR count). The Morgan fingerprint density at radius 1 is 1.33 bits per heavy atom. The van der Waals surface area contributed by atoms with Gasteiger partial charge in [0.05, 0.1) is 5.56 Å². The number of hydrogen-bond acceptors (Lipinski definition) is 2. The Morgan fingerprint density at radius 2 is 1.94 bits per heavy atom. The molecule has 0 heterocycles. The van der Waals surface area contributed by atoms with Crippen molar-refractivity contribution in [1.29, 1.82) is 0 Å². The fourth-order valence-corrected chi connectivity index (χ4v) is 1.79. The average Bonchev–Trinajstić information content (AvgIpc) is 2.29. The third-order valence-corrected chi connectivity index (χ3v) is 2.57. The van der Waals surface area contributed by atoms with E-state index in [4.69, 9.17) is 4.74 Å². The van der Waals surface area contributed by atoms with Crippen LogP contribution in [0.25, 0.3) is 0 Å². The van der Waals surface area contributed by atoms with Crippen molar-refractivity contribution in [2.24, 2.45) is 0 Å². The van der Waals surface area contributed by atoms with Crippen molar-refractivity contribution in [1.82, 2.24) is 0 Å². The molecule has 0 aliphatic heterocycles. The molecule has 0 radical (unpaired) electrons. The summed E-state index contributed by atoms with van der Waals surface area (Å²) in [6.07, 6.45) is -4.86. The summed E-state index contributed by atoms with van der Waals surface area (Å²) in [5, 5.41) is 0. The maximum absolute atomic E-state index is 12.8. The maximum Gasteiger partial charge on any atom is 0.416 e. The van der Waals surface area contributed by atoms with Gasteiger partial charge in [-0.25, -0.2) is 0 Å². The molecule has 1 aromatic rings. The molecule has 0 saturated heterocycles. The molecule has 1 atom stereocenters. The lowest BCUT2D eigenvalue weighted by Crippen LogP contribution is -2.19. The third-order valence-electron chi connectivity index (χ3n) is 2.57. The summed E-state index contributed by atoms with van der Waals surface area (Å²) in [7, 11) is 1.24. The van der Waals surface area contributed by atoms with E-state index in [1.165, 1.54) is 25.3 Å². The molecule has 100 valence electrons. The Morgan fingerprint density at radius 3 is 2.44 bits per heavy atom. The number of halogens is 3. The lowest BCUT2D eigenvalue weighted by atomic mass is 9.97. The molecule has 0 fully saturated rings. The Labute approximate surface area is 104 Å². The highest BCUT2D eigenvalue weighted by molar-refractivity contribution is 5.84. The molecular formula is C13H15F3O2. The lowest BCUT2D eigenvalue weighted by Gasteiger charge is -2.19. The van der Waals surface area contributed by atoms with E-state index >= 15 is 0 Å². The van der Waals surface area contributed by atoms with Gasteiger partial charge in [-0.05, 0) is 12.5 Å². The Kier molecular flexibility index (Phi) is 4.90. The van der Waals surface area contributed by atoms with Gasteiger partial charge in [-0.15, -0.1) is 0 Å². The van der Waals surface area contributed by atoms with Crippen LogP contribution in [0.2, 0.25) is 0 Å². The van der Waals surface area contributed by atoms with Crippen molar-refractivity contribution in [3.63, 3.8) is 0 Å². The van der Waals surface area contributed by atoms with E-state index in [2.05, 4.69) is 0 Å². The number of Topliss-reactive ketones (excluding diaryl/α,β-unsaturated/α-hetero) is 1. The van der Waals surface area contributed by atoms with Crippen LogP contribution in [0.15, 0.2) is 24.3 Å². The van der Waals surface area contributed by atoms with E-state index in [-0.39, 0.29) is 17.8 Å². The normalized spacial score (nSPS) is 13.4. The monoisotopic (exact) mass is 260 g/mol. The second-order valence-corrected chi connectivity index (χ2v) is 3.92. The van der Waals surface area contributed by atoms with Crippen molar-refractivity contribution in [2.45, 2.75) is 32.0 Å². The summed E-state index contributed by atoms with van der Waals surface area (Å²) in [6.45, 7) is 1.79. The van der Waals surface area contributed by atoms with E-state index in [1.54, 1.807) is 6.92 Å². The van der Waals surface area contributed by atoms with Crippen molar-refractivity contribution >= 4 is 5.78 Å². The first-order chi connectivity index (χ1) is 8.41. The first-order valence-corrected chi connectivity index (χ1v) is 5.63. The van der Waals surface area contributed by atoms with Gasteiger partial charge in [0.25, 0.3) is 0 Å². The summed E-state index contributed by atoms with van der Waals surface area (Å²) in [6, 6.07) is 5.00. The molecular weight excluding hydrogens is 245 g/mol. The largest absolute Gasteiger partial charge is 0.416 e. The molecule has 0 saturated carbocycles. The van der Waals surface area contributed by atoms with Crippen molar-refractivity contribution in [2.75, 3.05) is 7.11 Å². The van der Waals surface area contributed by atoms with Gasteiger partial charge in [0.1, 0.15) is 6.10 Å². The molecule has 5 heteroatoms. The molecule has 18 heavy (non-hydrogen) atoms. The van der Waals surface area contributed by atoms with Crippen molar-refractivity contribution in [3.8, 4) is 0 Å². The molecule has 0 aliphatic carbocycles. The molecule has 0 bridgehead atoms. The zero-order chi connectivity index (χ0) is 13.8. The number of methoxy groups -OCH3 is 1. The van der Waals surface area contributed by atoms with Crippen LogP contribution in [0.3, 0.4) is 0 Å². The highest BCUT2D eigenvalue weighted by Crippen LogP contribution is 2.35. The molecule has 1 aromatic carbocycles.